The number of rotatable bonds is 6. The van der Waals surface area contributed by atoms with Gasteiger partial charge in [0.2, 0.25) is 0 Å². The molecular weight excluding hydrogens is 370 g/mol. The molecule has 1 amide bonds. The smallest absolute Gasteiger partial charge is 0.271 e. The van der Waals surface area contributed by atoms with E-state index in [9.17, 15) is 4.79 Å². The van der Waals surface area contributed by atoms with Crippen LogP contribution in [0.25, 0.3) is 11.3 Å². The molecule has 1 unspecified atom stereocenters. The first kappa shape index (κ1) is 20.1. The lowest BCUT2D eigenvalue weighted by Gasteiger charge is -2.46. The zero-order valence-corrected chi connectivity index (χ0v) is 16.9. The maximum absolute atomic E-state index is 12.9. The van der Waals surface area contributed by atoms with E-state index >= 15 is 0 Å². The van der Waals surface area contributed by atoms with Gasteiger partial charge in [-0.1, -0.05) is 30.3 Å². The minimum Gasteiger partial charge on any atom is -0.382 e. The summed E-state index contributed by atoms with van der Waals surface area (Å²) in [5.74, 6) is -0.00163. The largest absolute Gasteiger partial charge is 0.382 e. The number of nitrogens with one attached hydrogen (secondary N) is 1. The van der Waals surface area contributed by atoms with E-state index in [1.54, 1.807) is 7.11 Å². The van der Waals surface area contributed by atoms with Crippen LogP contribution in [0.15, 0.2) is 36.4 Å². The summed E-state index contributed by atoms with van der Waals surface area (Å²) < 4.78 is 17.2. The van der Waals surface area contributed by atoms with Crippen molar-refractivity contribution in [3.63, 3.8) is 0 Å². The van der Waals surface area contributed by atoms with Crippen molar-refractivity contribution >= 4 is 5.91 Å². The topological polar surface area (TPSA) is 76.7 Å². The predicted octanol–water partition coefficient (Wildman–Crippen LogP) is 2.89. The number of carbonyl (C=O) groups is 1. The summed E-state index contributed by atoms with van der Waals surface area (Å²) in [5, 5.41) is 7.21. The first-order valence-corrected chi connectivity index (χ1v) is 10.3. The molecule has 2 saturated heterocycles. The molecule has 2 fully saturated rings. The Bertz CT molecular complexity index is 799. The summed E-state index contributed by atoms with van der Waals surface area (Å²) in [6, 6.07) is 11.7. The van der Waals surface area contributed by atoms with Crippen LogP contribution in [0.1, 0.15) is 36.2 Å². The number of H-pyrrole nitrogens is 1. The fraction of sp³-hybridized carbons (Fsp3) is 0.545. The van der Waals surface area contributed by atoms with Gasteiger partial charge in [0.15, 0.2) is 0 Å². The molecule has 1 atom stereocenters. The van der Waals surface area contributed by atoms with Gasteiger partial charge >= 0.3 is 0 Å². The van der Waals surface area contributed by atoms with Gasteiger partial charge in [0.25, 0.3) is 5.91 Å². The number of carbonyl (C=O) groups excluding carboxylic acids is 1. The van der Waals surface area contributed by atoms with Crippen molar-refractivity contribution in [1.82, 2.24) is 15.1 Å². The van der Waals surface area contributed by atoms with Crippen LogP contribution in [0.5, 0.6) is 0 Å². The van der Waals surface area contributed by atoms with E-state index in [2.05, 4.69) is 10.2 Å². The van der Waals surface area contributed by atoms with Crippen LogP contribution in [0.2, 0.25) is 0 Å². The Balaban J connectivity index is 1.33. The predicted molar refractivity (Wildman–Crippen MR) is 109 cm³/mol. The molecule has 7 heteroatoms. The molecule has 1 spiro atoms. The zero-order chi connectivity index (χ0) is 20.1. The van der Waals surface area contributed by atoms with Crippen LogP contribution >= 0.6 is 0 Å². The normalized spacial score (nSPS) is 21.4. The van der Waals surface area contributed by atoms with E-state index in [-0.39, 0.29) is 17.6 Å². The lowest BCUT2D eigenvalue weighted by Crippen LogP contribution is -2.52. The number of piperidine rings is 1. The van der Waals surface area contributed by atoms with E-state index in [4.69, 9.17) is 14.2 Å². The molecule has 0 bridgehead atoms. The average Bonchev–Trinajstić information content (AvgIpc) is 3.25. The van der Waals surface area contributed by atoms with Crippen molar-refractivity contribution < 1.29 is 19.0 Å². The lowest BCUT2D eigenvalue weighted by atomic mass is 9.83. The van der Waals surface area contributed by atoms with Gasteiger partial charge in [0, 0.05) is 38.8 Å². The third-order valence-corrected chi connectivity index (χ3v) is 5.93. The summed E-state index contributed by atoms with van der Waals surface area (Å²) >= 11 is 0. The van der Waals surface area contributed by atoms with Crippen LogP contribution in [-0.2, 0) is 14.2 Å². The molecule has 1 aromatic heterocycles. The maximum Gasteiger partial charge on any atom is 0.271 e. The highest BCUT2D eigenvalue weighted by atomic mass is 16.5. The summed E-state index contributed by atoms with van der Waals surface area (Å²) in [5.41, 5.74) is 2.14. The van der Waals surface area contributed by atoms with Gasteiger partial charge < -0.3 is 19.1 Å². The van der Waals surface area contributed by atoms with Gasteiger partial charge in [-0.15, -0.1) is 0 Å². The number of hydrogen-bond acceptors (Lipinski definition) is 5. The molecule has 4 rings (SSSR count). The summed E-state index contributed by atoms with van der Waals surface area (Å²) in [4.78, 5) is 14.8. The number of hydrogen-bond donors (Lipinski definition) is 1. The second-order valence-electron chi connectivity index (χ2n) is 7.83. The highest BCUT2D eigenvalue weighted by Gasteiger charge is 2.41. The van der Waals surface area contributed by atoms with Gasteiger partial charge in [-0.2, -0.15) is 5.10 Å². The Morgan fingerprint density at radius 2 is 2.07 bits per heavy atom. The van der Waals surface area contributed by atoms with E-state index in [0.717, 1.165) is 36.9 Å². The van der Waals surface area contributed by atoms with Crippen molar-refractivity contribution in [2.75, 3.05) is 40.0 Å². The number of likely N-dealkylation sites (tertiary alicyclic amines) is 1. The summed E-state index contributed by atoms with van der Waals surface area (Å²) in [6.07, 6.45) is 3.69. The first-order chi connectivity index (χ1) is 14.2. The molecular formula is C22H29N3O4. The molecule has 0 aliphatic carbocycles. The molecule has 1 aromatic carbocycles. The van der Waals surface area contributed by atoms with E-state index in [1.165, 1.54) is 0 Å². The first-order valence-electron chi connectivity index (χ1n) is 10.3. The third kappa shape index (κ3) is 4.69. The Morgan fingerprint density at radius 1 is 1.28 bits per heavy atom. The van der Waals surface area contributed by atoms with Crippen molar-refractivity contribution in [3.8, 4) is 11.3 Å². The second-order valence-corrected chi connectivity index (χ2v) is 7.83. The van der Waals surface area contributed by atoms with Gasteiger partial charge in [0.05, 0.1) is 30.6 Å². The standard InChI is InChI=1S/C22H29N3O4/c1-27-13-14-28-18-7-12-29-22(16-18)8-10-25(11-9-22)21(26)20-15-19(23-24-20)17-5-3-2-4-6-17/h2-6,15,18H,7-14,16H2,1H3,(H,23,24). The molecule has 0 saturated carbocycles. The maximum atomic E-state index is 12.9. The van der Waals surface area contributed by atoms with Crippen LogP contribution in [0.3, 0.4) is 0 Å². The minimum absolute atomic E-state index is 0.00163. The Morgan fingerprint density at radius 3 is 2.83 bits per heavy atom. The fourth-order valence-electron chi connectivity index (χ4n) is 4.25. The Kier molecular flexibility index (Phi) is 6.28. The van der Waals surface area contributed by atoms with Gasteiger partial charge in [-0.25, -0.2) is 0 Å². The highest BCUT2D eigenvalue weighted by molar-refractivity contribution is 5.93. The molecule has 3 heterocycles. The zero-order valence-electron chi connectivity index (χ0n) is 16.9. The molecule has 2 aliphatic rings. The fourth-order valence-corrected chi connectivity index (χ4v) is 4.25. The van der Waals surface area contributed by atoms with Crippen LogP contribution in [0, 0.1) is 0 Å². The number of amides is 1. The second kappa shape index (κ2) is 9.07. The number of ether oxygens (including phenoxy) is 3. The van der Waals surface area contributed by atoms with Crippen LogP contribution < -0.4 is 0 Å². The molecule has 2 aromatic rings. The van der Waals surface area contributed by atoms with Gasteiger partial charge in [-0.3, -0.25) is 9.89 Å². The van der Waals surface area contributed by atoms with Gasteiger partial charge in [-0.05, 0) is 25.3 Å². The molecule has 29 heavy (non-hydrogen) atoms. The van der Waals surface area contributed by atoms with E-state index < -0.39 is 0 Å². The van der Waals surface area contributed by atoms with Crippen molar-refractivity contribution in [2.45, 2.75) is 37.4 Å². The lowest BCUT2D eigenvalue weighted by molar-refractivity contribution is -0.154. The molecule has 1 N–H and O–H groups in total. The van der Waals surface area contributed by atoms with E-state index in [0.29, 0.717) is 38.6 Å². The highest BCUT2D eigenvalue weighted by Crippen LogP contribution is 2.36. The molecule has 156 valence electrons. The Labute approximate surface area is 171 Å². The van der Waals surface area contributed by atoms with Crippen molar-refractivity contribution in [1.29, 1.82) is 0 Å². The van der Waals surface area contributed by atoms with Crippen LogP contribution in [-0.4, -0.2) is 72.7 Å². The summed E-state index contributed by atoms with van der Waals surface area (Å²) in [7, 11) is 1.68. The average molecular weight is 399 g/mol. The quantitative estimate of drug-likeness (QED) is 0.756. The third-order valence-electron chi connectivity index (χ3n) is 5.93. The van der Waals surface area contributed by atoms with E-state index in [1.807, 2.05) is 41.3 Å². The Hall–Kier alpha value is -2.22. The number of benzene rings is 1. The number of methoxy groups -OCH3 is 1. The van der Waals surface area contributed by atoms with Gasteiger partial charge in [0.1, 0.15) is 5.69 Å². The summed E-state index contributed by atoms with van der Waals surface area (Å²) in [6.45, 7) is 3.31. The van der Waals surface area contributed by atoms with Crippen molar-refractivity contribution in [2.24, 2.45) is 0 Å². The number of nitrogens with zero attached hydrogens (tertiary/aromatic N) is 2. The molecule has 0 radical (unpaired) electrons. The monoisotopic (exact) mass is 399 g/mol. The SMILES string of the molecule is COCCOC1CCOC2(CCN(C(=O)c3cc(-c4ccccc4)n[nH]3)CC2)C1. The number of aromatic nitrogens is 2. The van der Waals surface area contributed by atoms with Crippen LogP contribution in [0.4, 0.5) is 0 Å². The molecule has 2 aliphatic heterocycles. The minimum atomic E-state index is -0.171. The molecule has 7 nitrogen and oxygen atoms in total. The van der Waals surface area contributed by atoms with Crippen molar-refractivity contribution in [3.05, 3.63) is 42.1 Å². The number of aromatic amines is 1.